The van der Waals surface area contributed by atoms with Gasteiger partial charge in [-0.25, -0.2) is 0 Å². The summed E-state index contributed by atoms with van der Waals surface area (Å²) < 4.78 is 0. The molecule has 0 spiro atoms. The molecule has 0 aliphatic carbocycles. The Morgan fingerprint density at radius 2 is 0.773 bits per heavy atom. The molecule has 0 N–H and O–H groups in total. The van der Waals surface area contributed by atoms with Gasteiger partial charge in [-0.1, -0.05) is 104 Å². The maximum absolute atomic E-state index is 2.54. The molecule has 0 radical (unpaired) electrons. The van der Waals surface area contributed by atoms with Crippen LogP contribution in [0.4, 0.5) is 0 Å². The van der Waals surface area contributed by atoms with Crippen molar-refractivity contribution in [1.82, 2.24) is 4.90 Å². The van der Waals surface area contributed by atoms with Gasteiger partial charge < -0.3 is 4.90 Å². The Morgan fingerprint density at radius 1 is 0.455 bits per heavy atom. The Labute approximate surface area is 148 Å². The first-order chi connectivity index (χ1) is 10.3. The molecule has 0 aromatic heterocycles. The number of halogens is 1. The smallest absolute Gasteiger partial charge is 0.00190 e. The Morgan fingerprint density at radius 3 is 1.09 bits per heavy atom. The lowest BCUT2D eigenvalue weighted by Crippen LogP contribution is -2.23. The van der Waals surface area contributed by atoms with E-state index in [1.807, 2.05) is 0 Å². The number of hydrogen-bond donors (Lipinski definition) is 0. The third-order valence-corrected chi connectivity index (χ3v) is 4.72. The minimum atomic E-state index is 0. The van der Waals surface area contributed by atoms with Crippen LogP contribution in [-0.4, -0.2) is 24.5 Å². The summed E-state index contributed by atoms with van der Waals surface area (Å²) in [6, 6.07) is 0. The highest BCUT2D eigenvalue weighted by Gasteiger charge is 1.98. The van der Waals surface area contributed by atoms with Gasteiger partial charge in [0.2, 0.25) is 0 Å². The van der Waals surface area contributed by atoms with Crippen molar-refractivity contribution in [3.63, 3.8) is 0 Å². The second-order valence-corrected chi connectivity index (χ2v) is 6.62. The Balaban J connectivity index is 0. The first-order valence-electron chi connectivity index (χ1n) is 10.1. The molecule has 22 heavy (non-hydrogen) atoms. The summed E-state index contributed by atoms with van der Waals surface area (Å²) in [6.07, 6.45) is 20.4. The van der Waals surface area contributed by atoms with Crippen LogP contribution in [-0.2, 0) is 0 Å². The van der Waals surface area contributed by atoms with E-state index < -0.39 is 0 Å². The van der Waals surface area contributed by atoms with E-state index >= 15 is 0 Å². The molecular weight excluding hydrogens is 290 g/mol. The van der Waals surface area contributed by atoms with Crippen molar-refractivity contribution in [2.24, 2.45) is 0 Å². The van der Waals surface area contributed by atoms with Crippen LogP contribution in [0.1, 0.15) is 111 Å². The molecule has 0 saturated heterocycles. The van der Waals surface area contributed by atoms with Gasteiger partial charge in [-0.3, -0.25) is 0 Å². The molecule has 0 amide bonds. The van der Waals surface area contributed by atoms with E-state index in [0.717, 1.165) is 0 Å². The molecule has 0 bridgehead atoms. The minimum absolute atomic E-state index is 0. The van der Waals surface area contributed by atoms with Gasteiger partial charge in [0.05, 0.1) is 0 Å². The molecule has 1 nitrogen and oxygen atoms in total. The summed E-state index contributed by atoms with van der Waals surface area (Å²) in [5, 5.41) is 0. The molecule has 0 rings (SSSR count). The van der Waals surface area contributed by atoms with Gasteiger partial charge >= 0.3 is 0 Å². The van der Waals surface area contributed by atoms with E-state index in [1.165, 1.54) is 110 Å². The topological polar surface area (TPSA) is 3.24 Å². The first kappa shape index (κ1) is 24.5. The molecule has 0 fully saturated rings. The molecule has 0 atom stereocenters. The lowest BCUT2D eigenvalue weighted by atomic mass is 10.0. The largest absolute Gasteiger partial charge is 0.304 e. The van der Waals surface area contributed by atoms with Crippen LogP contribution in [0.3, 0.4) is 0 Å². The third kappa shape index (κ3) is 18.3. The number of unbranched alkanes of at least 4 members (excludes halogenated alkanes) is 13. The molecule has 136 valence electrons. The van der Waals surface area contributed by atoms with Gasteiger partial charge in [-0.05, 0) is 26.1 Å². The van der Waals surface area contributed by atoms with Gasteiger partial charge in [0.25, 0.3) is 0 Å². The maximum atomic E-state index is 2.54. The van der Waals surface area contributed by atoms with Crippen molar-refractivity contribution in [2.75, 3.05) is 19.6 Å². The van der Waals surface area contributed by atoms with E-state index in [4.69, 9.17) is 0 Å². The predicted octanol–water partition coefficient (Wildman–Crippen LogP) is 7.23. The summed E-state index contributed by atoms with van der Waals surface area (Å²) in [5.74, 6) is 0. The summed E-state index contributed by atoms with van der Waals surface area (Å²) in [6.45, 7) is 10.6. The summed E-state index contributed by atoms with van der Waals surface area (Å²) in [7, 11) is 0. The van der Waals surface area contributed by atoms with E-state index in [9.17, 15) is 0 Å². The minimum Gasteiger partial charge on any atom is -0.304 e. The molecule has 0 aliphatic rings. The number of rotatable bonds is 17. The van der Waals surface area contributed by atoms with Crippen LogP contribution < -0.4 is 0 Å². The second kappa shape index (κ2) is 21.2. The second-order valence-electron chi connectivity index (χ2n) is 6.62. The van der Waals surface area contributed by atoms with Crippen LogP contribution in [0, 0.1) is 0 Å². The van der Waals surface area contributed by atoms with Gasteiger partial charge in [0.15, 0.2) is 0 Å². The zero-order valence-electron chi connectivity index (χ0n) is 15.9. The molecular formula is C20H44ClN. The van der Waals surface area contributed by atoms with E-state index in [1.54, 1.807) is 0 Å². The maximum Gasteiger partial charge on any atom is -0.00190 e. The van der Waals surface area contributed by atoms with Gasteiger partial charge in [-0.2, -0.15) is 0 Å². The monoisotopic (exact) mass is 333 g/mol. The molecule has 0 aromatic rings. The quantitative estimate of drug-likeness (QED) is 0.254. The van der Waals surface area contributed by atoms with Crippen LogP contribution in [0.2, 0.25) is 0 Å². The summed E-state index contributed by atoms with van der Waals surface area (Å²) >= 11 is 0. The average molecular weight is 334 g/mol. The van der Waals surface area contributed by atoms with Crippen molar-refractivity contribution in [2.45, 2.75) is 111 Å². The fourth-order valence-corrected chi connectivity index (χ4v) is 3.07. The van der Waals surface area contributed by atoms with E-state index in [2.05, 4.69) is 25.7 Å². The highest BCUT2D eigenvalue weighted by atomic mass is 35.5. The zero-order valence-corrected chi connectivity index (χ0v) is 16.7. The number of hydrogen-bond acceptors (Lipinski definition) is 1. The lowest BCUT2D eigenvalue weighted by molar-refractivity contribution is 0.295. The van der Waals surface area contributed by atoms with Gasteiger partial charge in [0, 0.05) is 0 Å². The highest BCUT2D eigenvalue weighted by molar-refractivity contribution is 5.85. The van der Waals surface area contributed by atoms with E-state index in [0.29, 0.717) is 0 Å². The van der Waals surface area contributed by atoms with Crippen molar-refractivity contribution >= 4 is 12.4 Å². The van der Waals surface area contributed by atoms with Crippen LogP contribution in [0.25, 0.3) is 0 Å². The normalized spacial score (nSPS) is 10.9. The van der Waals surface area contributed by atoms with Crippen molar-refractivity contribution < 1.29 is 0 Å². The molecule has 0 aliphatic heterocycles. The van der Waals surface area contributed by atoms with Gasteiger partial charge in [-0.15, -0.1) is 12.4 Å². The summed E-state index contributed by atoms with van der Waals surface area (Å²) in [4.78, 5) is 2.54. The Kier molecular flexibility index (Phi) is 23.7. The fourth-order valence-electron chi connectivity index (χ4n) is 3.07. The zero-order chi connectivity index (χ0) is 15.6. The number of nitrogens with zero attached hydrogens (tertiary/aromatic N) is 1. The van der Waals surface area contributed by atoms with Crippen LogP contribution >= 0.6 is 12.4 Å². The average Bonchev–Trinajstić information content (AvgIpc) is 2.51. The molecule has 0 heterocycles. The Bertz CT molecular complexity index is 181. The molecule has 0 aromatic carbocycles. The summed E-state index contributed by atoms with van der Waals surface area (Å²) in [5.41, 5.74) is 0. The lowest BCUT2D eigenvalue weighted by Gasteiger charge is -2.17. The van der Waals surface area contributed by atoms with Crippen molar-refractivity contribution in [3.8, 4) is 0 Å². The molecule has 0 saturated carbocycles. The van der Waals surface area contributed by atoms with Crippen molar-refractivity contribution in [1.29, 1.82) is 0 Å². The van der Waals surface area contributed by atoms with E-state index in [-0.39, 0.29) is 12.4 Å². The van der Waals surface area contributed by atoms with Crippen LogP contribution in [0.5, 0.6) is 0 Å². The molecule has 2 heteroatoms. The first-order valence-corrected chi connectivity index (χ1v) is 10.1. The van der Waals surface area contributed by atoms with Crippen LogP contribution in [0.15, 0.2) is 0 Å². The predicted molar refractivity (Wildman–Crippen MR) is 105 cm³/mol. The van der Waals surface area contributed by atoms with Crippen molar-refractivity contribution in [3.05, 3.63) is 0 Å². The molecule has 0 unspecified atom stereocenters. The third-order valence-electron chi connectivity index (χ3n) is 4.72. The highest BCUT2D eigenvalue weighted by Crippen LogP contribution is 2.13. The Hall–Kier alpha value is 0.250. The van der Waals surface area contributed by atoms with Gasteiger partial charge in [0.1, 0.15) is 0 Å². The fraction of sp³-hybridized carbons (Fsp3) is 1.00. The standard InChI is InChI=1S/C20H43N.ClH/c1-4-7-8-9-10-11-12-13-14-15-16-17-18-19-20-21(5-2)6-3;/h4-20H2,1-3H3;1H. The SMILES string of the molecule is CCCCCCCCCCCCCCCCN(CC)CC.Cl.